The van der Waals surface area contributed by atoms with Crippen LogP contribution < -0.4 is 0 Å². The van der Waals surface area contributed by atoms with E-state index in [4.69, 9.17) is 0 Å². The summed E-state index contributed by atoms with van der Waals surface area (Å²) in [5.41, 5.74) is 4.10. The van der Waals surface area contributed by atoms with Crippen LogP contribution in [-0.2, 0) is 20.0 Å². The first kappa shape index (κ1) is 14.2. The molecule has 0 unspecified atom stereocenters. The number of nitrogens with zero attached hydrogens (tertiary/aromatic N) is 3. The molecule has 2 aromatic heterocycles. The quantitative estimate of drug-likeness (QED) is 0.725. The van der Waals surface area contributed by atoms with Crippen LogP contribution in [-0.4, -0.2) is 27.1 Å². The minimum Gasteiger partial charge on any atom is -0.333 e. The van der Waals surface area contributed by atoms with Gasteiger partial charge in [0.05, 0.1) is 4.88 Å². The molecule has 1 amide bonds. The number of fused-ring (bicyclic) bond motifs is 1. The molecule has 0 N–H and O–H groups in total. The molecule has 1 aliphatic rings. The van der Waals surface area contributed by atoms with Crippen LogP contribution in [0.3, 0.4) is 0 Å². The summed E-state index contributed by atoms with van der Waals surface area (Å²) in [6.45, 7) is 1.43. The fourth-order valence-electron chi connectivity index (χ4n) is 3.04. The Labute approximate surface area is 139 Å². The highest BCUT2D eigenvalue weighted by atomic mass is 32.1. The molecule has 3 heterocycles. The van der Waals surface area contributed by atoms with Crippen LogP contribution in [0.4, 0.5) is 0 Å². The Morgan fingerprint density at radius 3 is 2.78 bits per heavy atom. The van der Waals surface area contributed by atoms with Crippen LogP contribution in [0.1, 0.15) is 21.6 Å². The molecule has 0 radical (unpaired) electrons. The van der Waals surface area contributed by atoms with Crippen LogP contribution in [0, 0.1) is 0 Å². The van der Waals surface area contributed by atoms with Gasteiger partial charge in [-0.05, 0) is 35.1 Å². The highest BCUT2D eigenvalue weighted by Crippen LogP contribution is 2.25. The summed E-state index contributed by atoms with van der Waals surface area (Å²) < 4.78 is 1.69. The number of thiophene rings is 1. The van der Waals surface area contributed by atoms with E-state index < -0.39 is 0 Å². The molecule has 0 fully saturated rings. The number of carbonyl (C=O) groups excluding carboxylic acids is 1. The molecule has 0 saturated carbocycles. The Bertz CT molecular complexity index is 851. The molecule has 5 heteroatoms. The Hall–Kier alpha value is -2.40. The van der Waals surface area contributed by atoms with Crippen LogP contribution in [0.5, 0.6) is 0 Å². The van der Waals surface area contributed by atoms with Gasteiger partial charge >= 0.3 is 0 Å². The summed E-state index contributed by atoms with van der Waals surface area (Å²) in [6.07, 6.45) is 0.914. The fraction of sp³-hybridized carbons (Fsp3) is 0.222. The van der Waals surface area contributed by atoms with Crippen molar-refractivity contribution >= 4 is 17.2 Å². The summed E-state index contributed by atoms with van der Waals surface area (Å²) in [5.74, 6) is 0.0531. The van der Waals surface area contributed by atoms with Crippen molar-refractivity contribution in [1.82, 2.24) is 14.7 Å². The fourth-order valence-corrected chi connectivity index (χ4v) is 3.72. The molecule has 4 rings (SSSR count). The van der Waals surface area contributed by atoms with Crippen LogP contribution in [0.25, 0.3) is 10.6 Å². The SMILES string of the molecule is Cn1nc(-c2cccs2)cc1C(=O)N1CCc2ccccc2C1. The number of amides is 1. The molecule has 1 aliphatic heterocycles. The van der Waals surface area contributed by atoms with Crippen molar-refractivity contribution in [3.05, 3.63) is 64.7 Å². The highest BCUT2D eigenvalue weighted by molar-refractivity contribution is 7.13. The van der Waals surface area contributed by atoms with Crippen LogP contribution in [0.2, 0.25) is 0 Å². The molecule has 0 bridgehead atoms. The van der Waals surface area contributed by atoms with Gasteiger partial charge in [0.2, 0.25) is 0 Å². The van der Waals surface area contributed by atoms with Gasteiger partial charge < -0.3 is 4.90 Å². The number of benzene rings is 1. The number of carbonyl (C=O) groups is 1. The van der Waals surface area contributed by atoms with Gasteiger partial charge in [-0.15, -0.1) is 11.3 Å². The second kappa shape index (κ2) is 5.66. The maximum atomic E-state index is 12.9. The van der Waals surface area contributed by atoms with E-state index in [-0.39, 0.29) is 5.91 Å². The smallest absolute Gasteiger partial charge is 0.272 e. The van der Waals surface area contributed by atoms with E-state index in [0.29, 0.717) is 12.2 Å². The number of hydrogen-bond acceptors (Lipinski definition) is 3. The average molecular weight is 323 g/mol. The Kier molecular flexibility index (Phi) is 3.50. The van der Waals surface area contributed by atoms with Crippen molar-refractivity contribution in [2.45, 2.75) is 13.0 Å². The third-order valence-corrected chi connectivity index (χ3v) is 5.18. The number of aryl methyl sites for hydroxylation is 1. The van der Waals surface area contributed by atoms with Gasteiger partial charge in [-0.25, -0.2) is 0 Å². The Morgan fingerprint density at radius 1 is 1.17 bits per heavy atom. The minimum absolute atomic E-state index is 0.0531. The lowest BCUT2D eigenvalue weighted by Gasteiger charge is -2.28. The van der Waals surface area contributed by atoms with E-state index in [1.807, 2.05) is 41.6 Å². The van der Waals surface area contributed by atoms with E-state index in [9.17, 15) is 4.79 Å². The molecule has 4 nitrogen and oxygen atoms in total. The summed E-state index contributed by atoms with van der Waals surface area (Å²) in [7, 11) is 1.84. The second-order valence-corrected chi connectivity index (χ2v) is 6.71. The summed E-state index contributed by atoms with van der Waals surface area (Å²) >= 11 is 1.64. The van der Waals surface area contributed by atoms with Crippen molar-refractivity contribution < 1.29 is 4.79 Å². The third-order valence-electron chi connectivity index (χ3n) is 4.29. The van der Waals surface area contributed by atoms with Gasteiger partial charge in [0, 0.05) is 20.1 Å². The maximum absolute atomic E-state index is 12.9. The van der Waals surface area contributed by atoms with Crippen LogP contribution in [0.15, 0.2) is 47.8 Å². The molecule has 1 aromatic carbocycles. The summed E-state index contributed by atoms with van der Waals surface area (Å²) in [5, 5.41) is 6.51. The molecular weight excluding hydrogens is 306 g/mol. The maximum Gasteiger partial charge on any atom is 0.272 e. The molecule has 0 saturated heterocycles. The van der Waals surface area contributed by atoms with Crippen molar-refractivity contribution in [3.63, 3.8) is 0 Å². The lowest BCUT2D eigenvalue weighted by molar-refractivity contribution is 0.0723. The second-order valence-electron chi connectivity index (χ2n) is 5.76. The van der Waals surface area contributed by atoms with Gasteiger partial charge in [-0.2, -0.15) is 5.10 Å². The molecule has 0 atom stereocenters. The molecule has 116 valence electrons. The zero-order valence-electron chi connectivity index (χ0n) is 12.9. The summed E-state index contributed by atoms with van der Waals surface area (Å²) in [4.78, 5) is 15.9. The first-order valence-corrected chi connectivity index (χ1v) is 8.54. The predicted octanol–water partition coefficient (Wildman–Crippen LogP) is 3.35. The number of hydrogen-bond donors (Lipinski definition) is 0. The highest BCUT2D eigenvalue weighted by Gasteiger charge is 2.24. The topological polar surface area (TPSA) is 38.1 Å². The van der Waals surface area contributed by atoms with Crippen molar-refractivity contribution in [3.8, 4) is 10.6 Å². The van der Waals surface area contributed by atoms with E-state index in [1.165, 1.54) is 11.1 Å². The Morgan fingerprint density at radius 2 is 2.00 bits per heavy atom. The van der Waals surface area contributed by atoms with Crippen LogP contribution >= 0.6 is 11.3 Å². The lowest BCUT2D eigenvalue weighted by Crippen LogP contribution is -2.36. The van der Waals surface area contributed by atoms with Crippen molar-refractivity contribution in [1.29, 1.82) is 0 Å². The standard InChI is InChI=1S/C18H17N3OS/c1-20-16(11-15(19-20)17-7-4-10-23-17)18(22)21-9-8-13-5-2-3-6-14(13)12-21/h2-7,10-11H,8-9,12H2,1H3. The lowest BCUT2D eigenvalue weighted by atomic mass is 10.00. The van der Waals surface area contributed by atoms with Gasteiger partial charge in [-0.1, -0.05) is 30.3 Å². The number of aromatic nitrogens is 2. The molecule has 0 spiro atoms. The molecule has 0 aliphatic carbocycles. The predicted molar refractivity (Wildman–Crippen MR) is 91.4 cm³/mol. The van der Waals surface area contributed by atoms with Gasteiger partial charge in [0.1, 0.15) is 11.4 Å². The largest absolute Gasteiger partial charge is 0.333 e. The number of rotatable bonds is 2. The van der Waals surface area contributed by atoms with E-state index in [2.05, 4.69) is 23.3 Å². The normalized spacial score (nSPS) is 13.9. The van der Waals surface area contributed by atoms with Gasteiger partial charge in [-0.3, -0.25) is 9.48 Å². The molecule has 3 aromatic rings. The summed E-state index contributed by atoms with van der Waals surface area (Å²) in [6, 6.07) is 14.3. The first-order chi connectivity index (χ1) is 11.2. The monoisotopic (exact) mass is 323 g/mol. The van der Waals surface area contributed by atoms with E-state index >= 15 is 0 Å². The zero-order chi connectivity index (χ0) is 15.8. The molecule has 23 heavy (non-hydrogen) atoms. The minimum atomic E-state index is 0.0531. The average Bonchev–Trinajstić information content (AvgIpc) is 3.23. The first-order valence-electron chi connectivity index (χ1n) is 7.66. The van der Waals surface area contributed by atoms with Gasteiger partial charge in [0.25, 0.3) is 5.91 Å². The van der Waals surface area contributed by atoms with E-state index in [0.717, 1.165) is 23.5 Å². The van der Waals surface area contributed by atoms with Gasteiger partial charge in [0.15, 0.2) is 0 Å². The zero-order valence-corrected chi connectivity index (χ0v) is 13.7. The van der Waals surface area contributed by atoms with Crippen molar-refractivity contribution in [2.24, 2.45) is 7.05 Å². The van der Waals surface area contributed by atoms with Crippen molar-refractivity contribution in [2.75, 3.05) is 6.54 Å². The Balaban J connectivity index is 1.61. The van der Waals surface area contributed by atoms with E-state index in [1.54, 1.807) is 16.0 Å². The third kappa shape index (κ3) is 2.57. The molecular formula is C18H17N3OS.